The van der Waals surface area contributed by atoms with Crippen molar-refractivity contribution in [1.29, 1.82) is 0 Å². The molecule has 0 radical (unpaired) electrons. The van der Waals surface area contributed by atoms with Gasteiger partial charge in [0.1, 0.15) is 11.6 Å². The average Bonchev–Trinajstić information content (AvgIpc) is 3.54. The first kappa shape index (κ1) is 23.3. The van der Waals surface area contributed by atoms with Crippen molar-refractivity contribution in [2.24, 2.45) is 0 Å². The minimum Gasteiger partial charge on any atom is -0.497 e. The van der Waals surface area contributed by atoms with Gasteiger partial charge in [-0.2, -0.15) is 10.1 Å². The summed E-state index contributed by atoms with van der Waals surface area (Å²) < 4.78 is 8.75. The van der Waals surface area contributed by atoms with Crippen molar-refractivity contribution in [3.63, 3.8) is 0 Å². The van der Waals surface area contributed by atoms with Gasteiger partial charge in [0.25, 0.3) is 5.56 Å². The smallest absolute Gasteiger partial charge is 0.280 e. The Morgan fingerprint density at radius 2 is 1.83 bits per heavy atom. The number of imidazole rings is 1. The number of ether oxygens (including phenoxy) is 1. The number of methoxy groups -OCH3 is 1. The second-order valence-corrected chi connectivity index (χ2v) is 8.61. The molecule has 0 atom stereocenters. The zero-order chi connectivity index (χ0) is 24.9. The van der Waals surface area contributed by atoms with Crippen LogP contribution in [0, 0.1) is 0 Å². The Labute approximate surface area is 208 Å². The van der Waals surface area contributed by atoms with E-state index in [1.165, 1.54) is 5.56 Å². The fourth-order valence-corrected chi connectivity index (χ4v) is 4.14. The standard InChI is InChI=1S/C27H29N7O2/c1-3-15-34-26(35)23-25(32-27(34)28-14-13-19-9-11-22(36-2)12-10-19)31-24(30-23)21-16-29-33(18-21)17-20-7-5-4-6-8-20/h4-12,16,18H,3,13-15,17H2,1-2H3,(H,28,32)(H,30,31). The number of hydrogen-bond acceptors (Lipinski definition) is 6. The molecule has 0 aliphatic rings. The monoisotopic (exact) mass is 483 g/mol. The molecule has 36 heavy (non-hydrogen) atoms. The van der Waals surface area contributed by atoms with Crippen molar-refractivity contribution in [2.75, 3.05) is 19.0 Å². The maximum atomic E-state index is 13.3. The SMILES string of the molecule is CCCn1c(NCCc2ccc(OC)cc2)nc2nc(-c3cnn(Cc4ccccc4)c3)[nH]c2c1=O. The van der Waals surface area contributed by atoms with Crippen LogP contribution in [0.3, 0.4) is 0 Å². The van der Waals surface area contributed by atoms with Crippen LogP contribution in [-0.4, -0.2) is 43.0 Å². The molecule has 0 fully saturated rings. The average molecular weight is 484 g/mol. The Morgan fingerprint density at radius 1 is 1.03 bits per heavy atom. The van der Waals surface area contributed by atoms with Crippen LogP contribution in [0.5, 0.6) is 5.75 Å². The zero-order valence-electron chi connectivity index (χ0n) is 20.4. The molecular weight excluding hydrogens is 454 g/mol. The number of hydrogen-bond donors (Lipinski definition) is 2. The highest BCUT2D eigenvalue weighted by Crippen LogP contribution is 2.19. The van der Waals surface area contributed by atoms with Crippen LogP contribution in [0.4, 0.5) is 5.95 Å². The first-order chi connectivity index (χ1) is 17.6. The maximum Gasteiger partial charge on any atom is 0.280 e. The fourth-order valence-electron chi connectivity index (χ4n) is 4.14. The minimum absolute atomic E-state index is 0.135. The number of benzene rings is 2. The molecule has 184 valence electrons. The first-order valence-electron chi connectivity index (χ1n) is 12.1. The number of H-pyrrole nitrogens is 1. The highest BCUT2D eigenvalue weighted by atomic mass is 16.5. The second kappa shape index (κ2) is 10.5. The number of rotatable bonds is 10. The van der Waals surface area contributed by atoms with Gasteiger partial charge in [0.15, 0.2) is 11.2 Å². The van der Waals surface area contributed by atoms with Gasteiger partial charge in [-0.15, -0.1) is 0 Å². The molecule has 9 nitrogen and oxygen atoms in total. The van der Waals surface area contributed by atoms with E-state index in [1.54, 1.807) is 17.9 Å². The molecule has 2 aromatic carbocycles. The van der Waals surface area contributed by atoms with Crippen LogP contribution < -0.4 is 15.6 Å². The van der Waals surface area contributed by atoms with Gasteiger partial charge in [0, 0.05) is 19.3 Å². The molecule has 0 amide bonds. The summed E-state index contributed by atoms with van der Waals surface area (Å²) in [4.78, 5) is 25.8. The Hall–Kier alpha value is -4.40. The number of aromatic nitrogens is 6. The van der Waals surface area contributed by atoms with Gasteiger partial charge in [-0.25, -0.2) is 4.98 Å². The van der Waals surface area contributed by atoms with E-state index in [0.717, 1.165) is 29.7 Å². The van der Waals surface area contributed by atoms with Crippen LogP contribution in [-0.2, 0) is 19.5 Å². The van der Waals surface area contributed by atoms with E-state index in [4.69, 9.17) is 9.72 Å². The summed E-state index contributed by atoms with van der Waals surface area (Å²) >= 11 is 0. The number of nitrogens with one attached hydrogen (secondary N) is 2. The molecule has 0 saturated heterocycles. The van der Waals surface area contributed by atoms with Gasteiger partial charge < -0.3 is 15.0 Å². The van der Waals surface area contributed by atoms with Crippen LogP contribution in [0.15, 0.2) is 71.8 Å². The number of aromatic amines is 1. The Balaban J connectivity index is 1.37. The van der Waals surface area contributed by atoms with E-state index < -0.39 is 0 Å². The third kappa shape index (κ3) is 5.00. The van der Waals surface area contributed by atoms with Gasteiger partial charge in [0.05, 0.1) is 25.4 Å². The Kier molecular flexibility index (Phi) is 6.79. The Bertz CT molecular complexity index is 1500. The van der Waals surface area contributed by atoms with E-state index in [2.05, 4.69) is 32.5 Å². The van der Waals surface area contributed by atoms with Gasteiger partial charge >= 0.3 is 0 Å². The summed E-state index contributed by atoms with van der Waals surface area (Å²) in [6.07, 6.45) is 5.27. The molecule has 0 spiro atoms. The molecule has 5 rings (SSSR count). The van der Waals surface area contributed by atoms with Crippen molar-refractivity contribution in [2.45, 2.75) is 32.9 Å². The van der Waals surface area contributed by atoms with Crippen LogP contribution in [0.2, 0.25) is 0 Å². The van der Waals surface area contributed by atoms with Crippen LogP contribution >= 0.6 is 0 Å². The normalized spacial score (nSPS) is 11.2. The van der Waals surface area contributed by atoms with Crippen LogP contribution in [0.1, 0.15) is 24.5 Å². The second-order valence-electron chi connectivity index (χ2n) is 8.61. The minimum atomic E-state index is -0.135. The zero-order valence-corrected chi connectivity index (χ0v) is 20.4. The Morgan fingerprint density at radius 3 is 2.58 bits per heavy atom. The lowest BCUT2D eigenvalue weighted by atomic mass is 10.1. The van der Waals surface area contributed by atoms with Crippen molar-refractivity contribution >= 4 is 17.1 Å². The van der Waals surface area contributed by atoms with E-state index in [9.17, 15) is 4.79 Å². The largest absolute Gasteiger partial charge is 0.497 e. The lowest BCUT2D eigenvalue weighted by Gasteiger charge is -2.13. The maximum absolute atomic E-state index is 13.3. The lowest BCUT2D eigenvalue weighted by Crippen LogP contribution is -2.26. The van der Waals surface area contributed by atoms with Crippen molar-refractivity contribution < 1.29 is 4.74 Å². The molecule has 2 N–H and O–H groups in total. The molecule has 5 aromatic rings. The van der Waals surface area contributed by atoms with Gasteiger partial charge in [-0.3, -0.25) is 14.0 Å². The number of anilines is 1. The molecule has 0 saturated carbocycles. The predicted octanol–water partition coefficient (Wildman–Crippen LogP) is 4.10. The molecule has 3 heterocycles. The van der Waals surface area contributed by atoms with E-state index >= 15 is 0 Å². The summed E-state index contributed by atoms with van der Waals surface area (Å²) in [6.45, 7) is 3.90. The van der Waals surface area contributed by atoms with E-state index in [1.807, 2.05) is 60.3 Å². The predicted molar refractivity (Wildman–Crippen MR) is 140 cm³/mol. The van der Waals surface area contributed by atoms with Crippen LogP contribution in [0.25, 0.3) is 22.6 Å². The molecule has 0 bridgehead atoms. The van der Waals surface area contributed by atoms with E-state index in [-0.39, 0.29) is 5.56 Å². The summed E-state index contributed by atoms with van der Waals surface area (Å²) in [5.74, 6) is 1.93. The molecule has 9 heteroatoms. The highest BCUT2D eigenvalue weighted by Gasteiger charge is 2.16. The molecule has 3 aromatic heterocycles. The summed E-state index contributed by atoms with van der Waals surface area (Å²) in [6, 6.07) is 18.1. The van der Waals surface area contributed by atoms with Crippen molar-refractivity contribution in [3.8, 4) is 17.1 Å². The van der Waals surface area contributed by atoms with Gasteiger partial charge in [0.2, 0.25) is 5.95 Å². The molecule has 0 aliphatic heterocycles. The molecule has 0 unspecified atom stereocenters. The topological polar surface area (TPSA) is 103 Å². The highest BCUT2D eigenvalue weighted by molar-refractivity contribution is 5.76. The number of nitrogens with zero attached hydrogens (tertiary/aromatic N) is 5. The van der Waals surface area contributed by atoms with Crippen molar-refractivity contribution in [3.05, 3.63) is 88.5 Å². The molecular formula is C27H29N7O2. The fraction of sp³-hybridized carbons (Fsp3) is 0.259. The first-order valence-corrected chi connectivity index (χ1v) is 12.1. The third-order valence-corrected chi connectivity index (χ3v) is 6.01. The summed E-state index contributed by atoms with van der Waals surface area (Å²) in [5.41, 5.74) is 3.79. The number of fused-ring (bicyclic) bond motifs is 1. The van der Waals surface area contributed by atoms with Gasteiger partial charge in [-0.1, -0.05) is 49.4 Å². The van der Waals surface area contributed by atoms with Gasteiger partial charge in [-0.05, 0) is 36.1 Å². The quantitative estimate of drug-likeness (QED) is 0.310. The van der Waals surface area contributed by atoms with Crippen molar-refractivity contribution in [1.82, 2.24) is 29.3 Å². The summed E-state index contributed by atoms with van der Waals surface area (Å²) in [7, 11) is 1.66. The molecule has 0 aliphatic carbocycles. The third-order valence-electron chi connectivity index (χ3n) is 6.01. The van der Waals surface area contributed by atoms with E-state index in [0.29, 0.717) is 42.6 Å². The summed E-state index contributed by atoms with van der Waals surface area (Å²) in [5, 5.41) is 7.80. The lowest BCUT2D eigenvalue weighted by molar-refractivity contribution is 0.414.